The van der Waals surface area contributed by atoms with Crippen LogP contribution in [0.5, 0.6) is 0 Å². The summed E-state index contributed by atoms with van der Waals surface area (Å²) in [5.74, 6) is 0.193. The first-order valence-corrected chi connectivity index (χ1v) is 5.54. The van der Waals surface area contributed by atoms with Crippen molar-refractivity contribution in [2.45, 2.75) is 32.6 Å². The van der Waals surface area contributed by atoms with Crippen LogP contribution < -0.4 is 0 Å². The summed E-state index contributed by atoms with van der Waals surface area (Å²) in [5, 5.41) is 8.64. The molecular formula is C11H19NO2. The second kappa shape index (κ2) is 3.54. The van der Waals surface area contributed by atoms with Crippen LogP contribution in [0.1, 0.15) is 32.6 Å². The Balaban J connectivity index is 1.78. The third-order valence-corrected chi connectivity index (χ3v) is 3.81. The molecule has 0 radical (unpaired) electrons. The van der Waals surface area contributed by atoms with E-state index in [1.165, 1.54) is 25.7 Å². The van der Waals surface area contributed by atoms with Crippen LogP contribution in [-0.4, -0.2) is 35.6 Å². The lowest BCUT2D eigenvalue weighted by Gasteiger charge is -2.53. The Morgan fingerprint density at radius 1 is 1.43 bits per heavy atom. The van der Waals surface area contributed by atoms with E-state index in [2.05, 4.69) is 11.8 Å². The minimum atomic E-state index is -0.691. The molecule has 0 atom stereocenters. The molecule has 14 heavy (non-hydrogen) atoms. The van der Waals surface area contributed by atoms with E-state index in [1.54, 1.807) is 0 Å². The summed E-state index contributed by atoms with van der Waals surface area (Å²) in [4.78, 5) is 12.5. The Labute approximate surface area is 85.1 Å². The molecule has 1 spiro atoms. The normalized spacial score (nSPS) is 27.5. The Kier molecular flexibility index (Phi) is 2.52. The van der Waals surface area contributed by atoms with Gasteiger partial charge >= 0.3 is 5.97 Å². The molecule has 0 aromatic rings. The highest BCUT2D eigenvalue weighted by atomic mass is 16.4. The van der Waals surface area contributed by atoms with Crippen LogP contribution in [0.15, 0.2) is 0 Å². The summed E-state index contributed by atoms with van der Waals surface area (Å²) in [5.41, 5.74) is 0.502. The molecule has 3 heteroatoms. The summed E-state index contributed by atoms with van der Waals surface area (Å²) in [7, 11) is 0. The van der Waals surface area contributed by atoms with Gasteiger partial charge in [0.25, 0.3) is 0 Å². The third-order valence-electron chi connectivity index (χ3n) is 3.81. The summed E-state index contributed by atoms with van der Waals surface area (Å²) < 4.78 is 0. The predicted molar refractivity (Wildman–Crippen MR) is 54.1 cm³/mol. The molecule has 0 aromatic carbocycles. The maximum Gasteiger partial charge on any atom is 0.317 e. The fourth-order valence-corrected chi connectivity index (χ4v) is 2.90. The molecule has 2 aliphatic rings. The molecular weight excluding hydrogens is 178 g/mol. The number of nitrogens with zero attached hydrogens (tertiary/aromatic N) is 1. The van der Waals surface area contributed by atoms with Crippen LogP contribution >= 0.6 is 0 Å². The number of hydrogen-bond donors (Lipinski definition) is 1. The van der Waals surface area contributed by atoms with Crippen molar-refractivity contribution in [2.24, 2.45) is 11.3 Å². The highest BCUT2D eigenvalue weighted by Crippen LogP contribution is 2.45. The lowest BCUT2D eigenvalue weighted by molar-refractivity contribution is -0.143. The van der Waals surface area contributed by atoms with Crippen LogP contribution in [0, 0.1) is 11.3 Å². The zero-order valence-electron chi connectivity index (χ0n) is 8.83. The summed E-state index contributed by atoms with van der Waals surface area (Å²) in [6.45, 7) is 4.59. The van der Waals surface area contributed by atoms with Crippen molar-refractivity contribution in [3.63, 3.8) is 0 Å². The van der Waals surface area contributed by atoms with Crippen molar-refractivity contribution in [3.05, 3.63) is 0 Å². The maximum absolute atomic E-state index is 10.5. The standard InChI is InChI=1S/C11H19NO2/c1-9-2-4-11(5-3-9)7-12(8-11)6-10(13)14/h9H,2-8H2,1H3,(H,13,14). The van der Waals surface area contributed by atoms with E-state index in [4.69, 9.17) is 5.11 Å². The molecule has 0 aromatic heterocycles. The Bertz CT molecular complexity index is 223. The topological polar surface area (TPSA) is 40.5 Å². The highest BCUT2D eigenvalue weighted by molar-refractivity contribution is 5.69. The van der Waals surface area contributed by atoms with Gasteiger partial charge in [-0.05, 0) is 24.2 Å². The van der Waals surface area contributed by atoms with Crippen molar-refractivity contribution >= 4 is 5.97 Å². The van der Waals surface area contributed by atoms with Crippen molar-refractivity contribution < 1.29 is 9.90 Å². The van der Waals surface area contributed by atoms with Crippen molar-refractivity contribution in [1.29, 1.82) is 0 Å². The van der Waals surface area contributed by atoms with Gasteiger partial charge in [0.2, 0.25) is 0 Å². The number of hydrogen-bond acceptors (Lipinski definition) is 2. The van der Waals surface area contributed by atoms with Gasteiger partial charge in [0.15, 0.2) is 0 Å². The summed E-state index contributed by atoms with van der Waals surface area (Å²) >= 11 is 0. The number of carboxylic acids is 1. The van der Waals surface area contributed by atoms with E-state index in [-0.39, 0.29) is 6.54 Å². The molecule has 1 saturated heterocycles. The Morgan fingerprint density at radius 3 is 2.50 bits per heavy atom. The van der Waals surface area contributed by atoms with Gasteiger partial charge in [0.05, 0.1) is 6.54 Å². The van der Waals surface area contributed by atoms with Crippen molar-refractivity contribution in [1.82, 2.24) is 4.90 Å². The van der Waals surface area contributed by atoms with Gasteiger partial charge in [-0.2, -0.15) is 0 Å². The first-order chi connectivity index (χ1) is 6.60. The average molecular weight is 197 g/mol. The van der Waals surface area contributed by atoms with E-state index in [0.717, 1.165) is 19.0 Å². The molecule has 0 unspecified atom stereocenters. The number of carboxylic acid groups (broad SMARTS) is 1. The van der Waals surface area contributed by atoms with Crippen molar-refractivity contribution in [3.8, 4) is 0 Å². The molecule has 1 aliphatic heterocycles. The van der Waals surface area contributed by atoms with E-state index in [9.17, 15) is 4.79 Å². The van der Waals surface area contributed by atoms with E-state index >= 15 is 0 Å². The highest BCUT2D eigenvalue weighted by Gasteiger charge is 2.44. The molecule has 2 fully saturated rings. The smallest absolute Gasteiger partial charge is 0.317 e. The maximum atomic E-state index is 10.5. The quantitative estimate of drug-likeness (QED) is 0.730. The van der Waals surface area contributed by atoms with Gasteiger partial charge in [0.1, 0.15) is 0 Å². The summed E-state index contributed by atoms with van der Waals surface area (Å²) in [6.07, 6.45) is 5.29. The van der Waals surface area contributed by atoms with Crippen LogP contribution in [-0.2, 0) is 4.79 Å². The molecule has 80 valence electrons. The zero-order chi connectivity index (χ0) is 10.2. The van der Waals surface area contributed by atoms with Gasteiger partial charge in [-0.15, -0.1) is 0 Å². The van der Waals surface area contributed by atoms with Gasteiger partial charge < -0.3 is 5.11 Å². The largest absolute Gasteiger partial charge is 0.480 e. The fraction of sp³-hybridized carbons (Fsp3) is 0.909. The minimum absolute atomic E-state index is 0.233. The van der Waals surface area contributed by atoms with Crippen molar-refractivity contribution in [2.75, 3.05) is 19.6 Å². The van der Waals surface area contributed by atoms with Crippen LogP contribution in [0.4, 0.5) is 0 Å². The number of likely N-dealkylation sites (tertiary alicyclic amines) is 1. The molecule has 1 aliphatic carbocycles. The number of aliphatic carboxylic acids is 1. The Hall–Kier alpha value is -0.570. The molecule has 2 rings (SSSR count). The van der Waals surface area contributed by atoms with E-state index in [0.29, 0.717) is 5.41 Å². The lowest BCUT2D eigenvalue weighted by atomic mass is 9.66. The first kappa shape index (κ1) is 9.97. The first-order valence-electron chi connectivity index (χ1n) is 5.54. The Morgan fingerprint density at radius 2 is 2.00 bits per heavy atom. The van der Waals surface area contributed by atoms with E-state index < -0.39 is 5.97 Å². The molecule has 1 saturated carbocycles. The zero-order valence-corrected chi connectivity index (χ0v) is 8.83. The SMILES string of the molecule is CC1CCC2(CC1)CN(CC(=O)O)C2. The molecule has 1 N–H and O–H groups in total. The monoisotopic (exact) mass is 197 g/mol. The third kappa shape index (κ3) is 1.92. The number of carbonyl (C=O) groups is 1. The lowest BCUT2D eigenvalue weighted by Crippen LogP contribution is -2.58. The average Bonchev–Trinajstić information content (AvgIpc) is 2.05. The second-order valence-corrected chi connectivity index (χ2v) is 5.22. The second-order valence-electron chi connectivity index (χ2n) is 5.22. The summed E-state index contributed by atoms with van der Waals surface area (Å²) in [6, 6.07) is 0. The van der Waals surface area contributed by atoms with E-state index in [1.807, 2.05) is 0 Å². The van der Waals surface area contributed by atoms with Crippen LogP contribution in [0.25, 0.3) is 0 Å². The van der Waals surface area contributed by atoms with Crippen LogP contribution in [0.3, 0.4) is 0 Å². The predicted octanol–water partition coefficient (Wildman–Crippen LogP) is 1.58. The van der Waals surface area contributed by atoms with Gasteiger partial charge in [0, 0.05) is 13.1 Å². The van der Waals surface area contributed by atoms with Gasteiger partial charge in [-0.1, -0.05) is 19.8 Å². The van der Waals surface area contributed by atoms with Gasteiger partial charge in [-0.3, -0.25) is 9.69 Å². The molecule has 0 bridgehead atoms. The molecule has 0 amide bonds. The van der Waals surface area contributed by atoms with Crippen LogP contribution in [0.2, 0.25) is 0 Å². The fourth-order valence-electron chi connectivity index (χ4n) is 2.90. The van der Waals surface area contributed by atoms with Gasteiger partial charge in [-0.25, -0.2) is 0 Å². The minimum Gasteiger partial charge on any atom is -0.480 e. The number of rotatable bonds is 2. The molecule has 1 heterocycles. The molecule has 3 nitrogen and oxygen atoms in total.